The normalized spacial score (nSPS) is 25.6. The van der Waals surface area contributed by atoms with Gasteiger partial charge in [-0.3, -0.25) is 4.98 Å². The maximum absolute atomic E-state index is 5.94. The summed E-state index contributed by atoms with van der Waals surface area (Å²) in [5, 5.41) is 1.62. The summed E-state index contributed by atoms with van der Waals surface area (Å²) in [6, 6.07) is 3.80. The zero-order chi connectivity index (χ0) is 11.4. The second-order valence-corrected chi connectivity index (χ2v) is 6.40. The summed E-state index contributed by atoms with van der Waals surface area (Å²) in [5.41, 5.74) is 1.11. The molecule has 1 nitrogen and oxygen atoms in total. The molecule has 1 aromatic rings. The van der Waals surface area contributed by atoms with Gasteiger partial charge in [0.1, 0.15) is 0 Å². The van der Waals surface area contributed by atoms with Crippen molar-refractivity contribution < 1.29 is 0 Å². The van der Waals surface area contributed by atoms with Crippen LogP contribution in [0.15, 0.2) is 18.3 Å². The van der Waals surface area contributed by atoms with Crippen molar-refractivity contribution in [3.05, 3.63) is 29.0 Å². The standard InChI is InChI=1S/C13H18ClNS/c1-10-3-2-4-13(7-10)16-9-12-8-11(14)5-6-15-12/h5-6,8,10,13H,2-4,7,9H2,1H3. The van der Waals surface area contributed by atoms with E-state index in [0.717, 1.165) is 27.6 Å². The molecule has 2 atom stereocenters. The van der Waals surface area contributed by atoms with Crippen molar-refractivity contribution in [2.24, 2.45) is 5.92 Å². The number of nitrogens with zero attached hydrogens (tertiary/aromatic N) is 1. The molecule has 0 bridgehead atoms. The quantitative estimate of drug-likeness (QED) is 0.786. The number of hydrogen-bond donors (Lipinski definition) is 0. The van der Waals surface area contributed by atoms with Gasteiger partial charge >= 0.3 is 0 Å². The Bertz CT molecular complexity index is 342. The van der Waals surface area contributed by atoms with E-state index in [-0.39, 0.29) is 0 Å². The highest BCUT2D eigenvalue weighted by molar-refractivity contribution is 7.99. The van der Waals surface area contributed by atoms with Crippen LogP contribution < -0.4 is 0 Å². The highest BCUT2D eigenvalue weighted by Crippen LogP contribution is 2.33. The first kappa shape index (κ1) is 12.3. The van der Waals surface area contributed by atoms with E-state index < -0.39 is 0 Å². The molecule has 2 unspecified atom stereocenters. The largest absolute Gasteiger partial charge is 0.260 e. The molecule has 2 rings (SSSR count). The second-order valence-electron chi connectivity index (χ2n) is 4.67. The van der Waals surface area contributed by atoms with E-state index in [2.05, 4.69) is 11.9 Å². The summed E-state index contributed by atoms with van der Waals surface area (Å²) in [4.78, 5) is 4.34. The minimum absolute atomic E-state index is 0.794. The molecule has 1 fully saturated rings. The number of rotatable bonds is 3. The van der Waals surface area contributed by atoms with Gasteiger partial charge in [0.25, 0.3) is 0 Å². The molecule has 0 saturated heterocycles. The zero-order valence-corrected chi connectivity index (χ0v) is 11.2. The molecule has 16 heavy (non-hydrogen) atoms. The topological polar surface area (TPSA) is 12.9 Å². The van der Waals surface area contributed by atoms with Crippen molar-refractivity contribution in [1.82, 2.24) is 4.98 Å². The predicted octanol–water partition coefficient (Wildman–Crippen LogP) is 4.55. The highest BCUT2D eigenvalue weighted by Gasteiger charge is 2.19. The minimum Gasteiger partial charge on any atom is -0.260 e. The molecule has 0 radical (unpaired) electrons. The minimum atomic E-state index is 0.794. The van der Waals surface area contributed by atoms with E-state index in [1.54, 1.807) is 6.20 Å². The summed E-state index contributed by atoms with van der Waals surface area (Å²) >= 11 is 7.98. The van der Waals surface area contributed by atoms with Gasteiger partial charge in [0.15, 0.2) is 0 Å². The van der Waals surface area contributed by atoms with E-state index in [1.165, 1.54) is 25.7 Å². The van der Waals surface area contributed by atoms with Crippen LogP contribution in [0, 0.1) is 5.92 Å². The van der Waals surface area contributed by atoms with Crippen LogP contribution in [-0.2, 0) is 5.75 Å². The summed E-state index contributed by atoms with van der Waals surface area (Å²) in [6.45, 7) is 2.37. The van der Waals surface area contributed by atoms with Crippen LogP contribution in [0.25, 0.3) is 0 Å². The molecule has 1 saturated carbocycles. The molecule has 1 aliphatic carbocycles. The molecule has 3 heteroatoms. The second kappa shape index (κ2) is 5.92. The number of aromatic nitrogens is 1. The smallest absolute Gasteiger partial charge is 0.0517 e. The summed E-state index contributed by atoms with van der Waals surface area (Å²) in [6.07, 6.45) is 7.33. The molecule has 0 spiro atoms. The van der Waals surface area contributed by atoms with Crippen LogP contribution >= 0.6 is 23.4 Å². The van der Waals surface area contributed by atoms with Gasteiger partial charge in [0.05, 0.1) is 5.69 Å². The fraction of sp³-hybridized carbons (Fsp3) is 0.615. The molecule has 88 valence electrons. The van der Waals surface area contributed by atoms with Gasteiger partial charge in [0, 0.05) is 22.2 Å². The number of thioether (sulfide) groups is 1. The zero-order valence-electron chi connectivity index (χ0n) is 9.66. The summed E-state index contributed by atoms with van der Waals surface area (Å²) in [5.74, 6) is 1.90. The lowest BCUT2D eigenvalue weighted by atomic mass is 9.91. The summed E-state index contributed by atoms with van der Waals surface area (Å²) < 4.78 is 0. The lowest BCUT2D eigenvalue weighted by Gasteiger charge is -2.26. The number of pyridine rings is 1. The van der Waals surface area contributed by atoms with Crippen molar-refractivity contribution in [3.8, 4) is 0 Å². The molecule has 1 aromatic heterocycles. The van der Waals surface area contributed by atoms with Crippen LogP contribution in [0.5, 0.6) is 0 Å². The Kier molecular flexibility index (Phi) is 4.54. The molecule has 0 amide bonds. The van der Waals surface area contributed by atoms with Crippen molar-refractivity contribution in [3.63, 3.8) is 0 Å². The SMILES string of the molecule is CC1CCCC(SCc2cc(Cl)ccn2)C1. The Hall–Kier alpha value is -0.210. The van der Waals surface area contributed by atoms with Crippen molar-refractivity contribution in [1.29, 1.82) is 0 Å². The fourth-order valence-electron chi connectivity index (χ4n) is 2.26. The molecular weight excluding hydrogens is 238 g/mol. The van der Waals surface area contributed by atoms with E-state index in [9.17, 15) is 0 Å². The average Bonchev–Trinajstić information content (AvgIpc) is 2.27. The Morgan fingerprint density at radius 2 is 2.38 bits per heavy atom. The van der Waals surface area contributed by atoms with Gasteiger partial charge in [-0.25, -0.2) is 0 Å². The van der Waals surface area contributed by atoms with Crippen molar-refractivity contribution in [2.45, 2.75) is 43.6 Å². The van der Waals surface area contributed by atoms with E-state index in [0.29, 0.717) is 0 Å². The fourth-order valence-corrected chi connectivity index (χ4v) is 3.81. The molecule has 0 N–H and O–H groups in total. The third-order valence-electron chi connectivity index (χ3n) is 3.13. The maximum atomic E-state index is 5.94. The van der Waals surface area contributed by atoms with E-state index in [4.69, 9.17) is 11.6 Å². The maximum Gasteiger partial charge on any atom is 0.0517 e. The third kappa shape index (κ3) is 3.67. The lowest BCUT2D eigenvalue weighted by molar-refractivity contribution is 0.394. The van der Waals surface area contributed by atoms with Crippen LogP contribution in [0.3, 0.4) is 0 Å². The van der Waals surface area contributed by atoms with Gasteiger partial charge in [-0.1, -0.05) is 31.4 Å². The van der Waals surface area contributed by atoms with E-state index in [1.807, 2.05) is 23.9 Å². The first-order chi connectivity index (χ1) is 7.74. The highest BCUT2D eigenvalue weighted by atomic mass is 35.5. The first-order valence-corrected chi connectivity index (χ1v) is 7.39. The van der Waals surface area contributed by atoms with Crippen molar-refractivity contribution in [2.75, 3.05) is 0 Å². The number of halogens is 1. The van der Waals surface area contributed by atoms with Gasteiger partial charge in [-0.2, -0.15) is 11.8 Å². The van der Waals surface area contributed by atoms with Gasteiger partial charge in [-0.15, -0.1) is 0 Å². The monoisotopic (exact) mass is 255 g/mol. The van der Waals surface area contributed by atoms with Crippen molar-refractivity contribution >= 4 is 23.4 Å². The molecule has 0 aliphatic heterocycles. The average molecular weight is 256 g/mol. The van der Waals surface area contributed by atoms with Crippen LogP contribution in [0.1, 0.15) is 38.3 Å². The Morgan fingerprint density at radius 1 is 1.50 bits per heavy atom. The third-order valence-corrected chi connectivity index (χ3v) is 4.73. The Labute approximate surface area is 107 Å². The van der Waals surface area contributed by atoms with Gasteiger partial charge in [-0.05, 0) is 30.9 Å². The lowest BCUT2D eigenvalue weighted by Crippen LogP contribution is -2.15. The predicted molar refractivity (Wildman–Crippen MR) is 72.0 cm³/mol. The summed E-state index contributed by atoms with van der Waals surface area (Å²) in [7, 11) is 0. The van der Waals surface area contributed by atoms with E-state index >= 15 is 0 Å². The molecule has 0 aromatic carbocycles. The Balaban J connectivity index is 1.82. The molecular formula is C13H18ClNS. The van der Waals surface area contributed by atoms with Gasteiger partial charge in [0.2, 0.25) is 0 Å². The van der Waals surface area contributed by atoms with Crippen LogP contribution in [-0.4, -0.2) is 10.2 Å². The molecule has 1 aliphatic rings. The molecule has 1 heterocycles. The Morgan fingerprint density at radius 3 is 3.12 bits per heavy atom. The first-order valence-electron chi connectivity index (χ1n) is 5.96. The number of hydrogen-bond acceptors (Lipinski definition) is 2. The van der Waals surface area contributed by atoms with Crippen LogP contribution in [0.2, 0.25) is 5.02 Å². The van der Waals surface area contributed by atoms with Gasteiger partial charge < -0.3 is 0 Å². The van der Waals surface area contributed by atoms with Crippen LogP contribution in [0.4, 0.5) is 0 Å².